The van der Waals surface area contributed by atoms with Gasteiger partial charge in [-0.05, 0) is 56.0 Å². The molecule has 0 aliphatic heterocycles. The molecule has 3 heteroatoms. The molecule has 0 radical (unpaired) electrons. The summed E-state index contributed by atoms with van der Waals surface area (Å²) >= 11 is 3.52. The average Bonchev–Trinajstić information content (AvgIpc) is 2.34. The normalized spacial score (nSPS) is 12.8. The van der Waals surface area contributed by atoms with Crippen LogP contribution in [0.1, 0.15) is 32.3 Å². The Hall–Kier alpha value is -0.540. The minimum atomic E-state index is 0.510. The van der Waals surface area contributed by atoms with E-state index in [9.17, 15) is 0 Å². The van der Waals surface area contributed by atoms with E-state index in [-0.39, 0.29) is 0 Å². The van der Waals surface area contributed by atoms with E-state index in [1.54, 1.807) is 7.11 Å². The largest absolute Gasteiger partial charge is 0.496 e. The maximum absolute atomic E-state index is 5.42. The molecule has 0 saturated carbocycles. The molecule has 0 aromatic heterocycles. The van der Waals surface area contributed by atoms with Gasteiger partial charge >= 0.3 is 0 Å². The molecule has 0 bridgehead atoms. The Bertz CT molecular complexity index is 366. The van der Waals surface area contributed by atoms with Gasteiger partial charge in [0.25, 0.3) is 0 Å². The van der Waals surface area contributed by atoms with Gasteiger partial charge in [0, 0.05) is 10.5 Å². The number of benzene rings is 1. The third-order valence-corrected chi connectivity index (χ3v) is 3.70. The van der Waals surface area contributed by atoms with Crippen molar-refractivity contribution in [1.29, 1.82) is 0 Å². The van der Waals surface area contributed by atoms with Gasteiger partial charge in [-0.3, -0.25) is 0 Å². The molecule has 18 heavy (non-hydrogen) atoms. The molecule has 2 nitrogen and oxygen atoms in total. The summed E-state index contributed by atoms with van der Waals surface area (Å²) in [5.74, 6) is 1.73. The fourth-order valence-electron chi connectivity index (χ4n) is 2.06. The molecule has 1 N–H and O–H groups in total. The number of nitrogens with one attached hydrogen (secondary N) is 1. The van der Waals surface area contributed by atoms with Crippen LogP contribution in [0, 0.1) is 5.92 Å². The van der Waals surface area contributed by atoms with Gasteiger partial charge in [0.05, 0.1) is 7.11 Å². The molecule has 0 aliphatic carbocycles. The van der Waals surface area contributed by atoms with Crippen LogP contribution in [0.2, 0.25) is 0 Å². The standard InChI is InChI=1S/C15H24BrNO/c1-11(2)5-7-14(17-3)10-12-9-13(16)6-8-15(12)18-4/h6,8-9,11,14,17H,5,7,10H2,1-4H3. The van der Waals surface area contributed by atoms with E-state index in [1.807, 2.05) is 19.2 Å². The van der Waals surface area contributed by atoms with Crippen LogP contribution in [0.5, 0.6) is 5.75 Å². The predicted molar refractivity (Wildman–Crippen MR) is 81.3 cm³/mol. The zero-order valence-corrected chi connectivity index (χ0v) is 13.4. The van der Waals surface area contributed by atoms with E-state index in [4.69, 9.17) is 4.74 Å². The number of likely N-dealkylation sites (N-methyl/N-ethyl adjacent to an activating group) is 1. The number of rotatable bonds is 7. The Labute approximate surface area is 119 Å². The van der Waals surface area contributed by atoms with Crippen LogP contribution in [0.25, 0.3) is 0 Å². The highest BCUT2D eigenvalue weighted by Crippen LogP contribution is 2.25. The summed E-state index contributed by atoms with van der Waals surface area (Å²) in [6, 6.07) is 6.70. The molecule has 1 rings (SSSR count). The smallest absolute Gasteiger partial charge is 0.122 e. The van der Waals surface area contributed by atoms with Gasteiger partial charge in [-0.25, -0.2) is 0 Å². The van der Waals surface area contributed by atoms with E-state index < -0.39 is 0 Å². The SMILES string of the molecule is CNC(CCC(C)C)Cc1cc(Br)ccc1OC. The van der Waals surface area contributed by atoms with Crippen molar-refractivity contribution >= 4 is 15.9 Å². The van der Waals surface area contributed by atoms with E-state index in [1.165, 1.54) is 18.4 Å². The van der Waals surface area contributed by atoms with Crippen molar-refractivity contribution in [1.82, 2.24) is 5.32 Å². The lowest BCUT2D eigenvalue weighted by molar-refractivity contribution is 0.400. The summed E-state index contributed by atoms with van der Waals surface area (Å²) < 4.78 is 6.53. The molecule has 0 spiro atoms. The first-order valence-electron chi connectivity index (χ1n) is 6.56. The zero-order chi connectivity index (χ0) is 13.5. The number of hydrogen-bond acceptors (Lipinski definition) is 2. The molecule has 1 atom stereocenters. The summed E-state index contributed by atoms with van der Waals surface area (Å²) in [5, 5.41) is 3.41. The molecule has 1 unspecified atom stereocenters. The van der Waals surface area contributed by atoms with E-state index in [0.717, 1.165) is 22.6 Å². The topological polar surface area (TPSA) is 21.3 Å². The molecule has 0 fully saturated rings. The Morgan fingerprint density at radius 3 is 2.56 bits per heavy atom. The first kappa shape index (κ1) is 15.5. The second-order valence-corrected chi connectivity index (χ2v) is 6.03. The lowest BCUT2D eigenvalue weighted by Gasteiger charge is -2.19. The molecule has 1 aromatic carbocycles. The minimum Gasteiger partial charge on any atom is -0.496 e. The molecule has 1 aromatic rings. The van der Waals surface area contributed by atoms with Crippen molar-refractivity contribution in [2.45, 2.75) is 39.2 Å². The van der Waals surface area contributed by atoms with E-state index in [0.29, 0.717) is 6.04 Å². The first-order chi connectivity index (χ1) is 8.56. The van der Waals surface area contributed by atoms with Crippen LogP contribution in [0.15, 0.2) is 22.7 Å². The van der Waals surface area contributed by atoms with Crippen LogP contribution >= 0.6 is 15.9 Å². The second-order valence-electron chi connectivity index (χ2n) is 5.12. The van der Waals surface area contributed by atoms with Gasteiger partial charge in [0.2, 0.25) is 0 Å². The first-order valence-corrected chi connectivity index (χ1v) is 7.35. The van der Waals surface area contributed by atoms with Crippen molar-refractivity contribution in [3.05, 3.63) is 28.2 Å². The van der Waals surface area contributed by atoms with Crippen molar-refractivity contribution in [3.63, 3.8) is 0 Å². The van der Waals surface area contributed by atoms with Crippen molar-refractivity contribution in [3.8, 4) is 5.75 Å². The Balaban J connectivity index is 2.71. The van der Waals surface area contributed by atoms with E-state index in [2.05, 4.69) is 41.2 Å². The molecular weight excluding hydrogens is 290 g/mol. The maximum atomic E-state index is 5.42. The third-order valence-electron chi connectivity index (χ3n) is 3.21. The monoisotopic (exact) mass is 313 g/mol. The highest BCUT2D eigenvalue weighted by atomic mass is 79.9. The van der Waals surface area contributed by atoms with Crippen LogP contribution in [-0.4, -0.2) is 20.2 Å². The summed E-state index contributed by atoms with van der Waals surface area (Å²) in [5.41, 5.74) is 1.26. The summed E-state index contributed by atoms with van der Waals surface area (Å²) in [4.78, 5) is 0. The Morgan fingerprint density at radius 1 is 1.28 bits per heavy atom. The Morgan fingerprint density at radius 2 is 2.00 bits per heavy atom. The van der Waals surface area contributed by atoms with Crippen molar-refractivity contribution < 1.29 is 4.74 Å². The lowest BCUT2D eigenvalue weighted by atomic mass is 9.97. The molecule has 0 amide bonds. The van der Waals surface area contributed by atoms with Gasteiger partial charge in [-0.2, -0.15) is 0 Å². The van der Waals surface area contributed by atoms with Crippen molar-refractivity contribution in [2.75, 3.05) is 14.2 Å². The third kappa shape index (κ3) is 4.99. The van der Waals surface area contributed by atoms with E-state index >= 15 is 0 Å². The van der Waals surface area contributed by atoms with Gasteiger partial charge in [0.15, 0.2) is 0 Å². The zero-order valence-electron chi connectivity index (χ0n) is 11.8. The minimum absolute atomic E-state index is 0.510. The highest BCUT2D eigenvalue weighted by Gasteiger charge is 2.12. The number of methoxy groups -OCH3 is 1. The van der Waals surface area contributed by atoms with Crippen LogP contribution in [0.4, 0.5) is 0 Å². The molecule has 0 heterocycles. The molecule has 0 aliphatic rings. The molecular formula is C15H24BrNO. The van der Waals surface area contributed by atoms with Crippen LogP contribution in [-0.2, 0) is 6.42 Å². The van der Waals surface area contributed by atoms with Gasteiger partial charge in [-0.15, -0.1) is 0 Å². The van der Waals surface area contributed by atoms with Crippen molar-refractivity contribution in [2.24, 2.45) is 5.92 Å². The highest BCUT2D eigenvalue weighted by molar-refractivity contribution is 9.10. The fraction of sp³-hybridized carbons (Fsp3) is 0.600. The summed E-state index contributed by atoms with van der Waals surface area (Å²) in [7, 11) is 3.77. The number of ether oxygens (including phenoxy) is 1. The summed E-state index contributed by atoms with van der Waals surface area (Å²) in [6.45, 7) is 4.54. The Kier molecular flexibility index (Phi) is 6.72. The van der Waals surface area contributed by atoms with Gasteiger partial charge in [0.1, 0.15) is 5.75 Å². The predicted octanol–water partition coefficient (Wildman–Crippen LogP) is 4.02. The molecule has 102 valence electrons. The van der Waals surface area contributed by atoms with Crippen LogP contribution in [0.3, 0.4) is 0 Å². The summed E-state index contributed by atoms with van der Waals surface area (Å²) in [6.07, 6.45) is 3.46. The second kappa shape index (κ2) is 7.80. The quantitative estimate of drug-likeness (QED) is 0.820. The number of hydrogen-bond donors (Lipinski definition) is 1. The average molecular weight is 314 g/mol. The fourth-order valence-corrected chi connectivity index (χ4v) is 2.46. The molecule has 0 saturated heterocycles. The lowest BCUT2D eigenvalue weighted by Crippen LogP contribution is -2.28. The number of halogens is 1. The van der Waals surface area contributed by atoms with Crippen LogP contribution < -0.4 is 10.1 Å². The van der Waals surface area contributed by atoms with Gasteiger partial charge < -0.3 is 10.1 Å². The maximum Gasteiger partial charge on any atom is 0.122 e. The van der Waals surface area contributed by atoms with Gasteiger partial charge in [-0.1, -0.05) is 29.8 Å².